The Morgan fingerprint density at radius 3 is 2.63 bits per heavy atom. The van der Waals surface area contributed by atoms with Gasteiger partial charge in [-0.2, -0.15) is 0 Å². The predicted molar refractivity (Wildman–Crippen MR) is 107 cm³/mol. The molecular weight excluding hydrogens is 366 g/mol. The first-order valence-corrected chi connectivity index (χ1v) is 9.80. The van der Waals surface area contributed by atoms with Crippen molar-refractivity contribution in [3.8, 4) is 11.5 Å². The Hall–Kier alpha value is -1.76. The summed E-state index contributed by atoms with van der Waals surface area (Å²) >= 11 is 5.97. The molecule has 148 valence electrons. The van der Waals surface area contributed by atoms with Crippen LogP contribution in [-0.2, 0) is 4.74 Å². The molecule has 1 aliphatic carbocycles. The highest BCUT2D eigenvalue weighted by atomic mass is 35.5. The number of benzene rings is 1. The first kappa shape index (κ1) is 20.0. The summed E-state index contributed by atoms with van der Waals surface area (Å²) in [5, 5.41) is 28.2. The summed E-state index contributed by atoms with van der Waals surface area (Å²) in [6.07, 6.45) is 5.57. The lowest BCUT2D eigenvalue weighted by Gasteiger charge is -2.35. The van der Waals surface area contributed by atoms with Gasteiger partial charge in [0.1, 0.15) is 11.5 Å². The highest BCUT2D eigenvalue weighted by molar-refractivity contribution is 6.32. The molecule has 7 heteroatoms. The number of nitrogens with two attached hydrogens (primary N) is 1. The van der Waals surface area contributed by atoms with Gasteiger partial charge in [0.2, 0.25) is 0 Å². The maximum absolute atomic E-state index is 10.1. The molecule has 0 unspecified atom stereocenters. The van der Waals surface area contributed by atoms with Crippen LogP contribution >= 0.6 is 11.6 Å². The van der Waals surface area contributed by atoms with E-state index in [1.54, 1.807) is 7.11 Å². The van der Waals surface area contributed by atoms with E-state index in [0.29, 0.717) is 42.0 Å². The first-order chi connectivity index (χ1) is 12.9. The fourth-order valence-electron chi connectivity index (χ4n) is 4.07. The third-order valence-corrected chi connectivity index (χ3v) is 6.05. The monoisotopic (exact) mass is 393 g/mol. The Morgan fingerprint density at radius 1 is 1.26 bits per heavy atom. The molecular formula is C20H28ClN3O3. The summed E-state index contributed by atoms with van der Waals surface area (Å²) < 4.78 is 5.45. The van der Waals surface area contributed by atoms with Gasteiger partial charge < -0.3 is 26.1 Å². The number of rotatable bonds is 4. The van der Waals surface area contributed by atoms with E-state index in [0.717, 1.165) is 44.3 Å². The van der Waals surface area contributed by atoms with Crippen LogP contribution in [0.15, 0.2) is 17.7 Å². The van der Waals surface area contributed by atoms with Crippen molar-refractivity contribution in [3.05, 3.63) is 28.3 Å². The SMILES string of the molecule is CO[C@H]1CC[C@H](CN2CCC(=N)/C(=C(\N)c3cc(Cl)c(O)cc3O)C2)CC1. The van der Waals surface area contributed by atoms with Crippen molar-refractivity contribution in [2.45, 2.75) is 38.2 Å². The third-order valence-electron chi connectivity index (χ3n) is 5.75. The molecule has 5 N–H and O–H groups in total. The number of halogens is 1. The molecule has 1 aliphatic heterocycles. The van der Waals surface area contributed by atoms with E-state index >= 15 is 0 Å². The van der Waals surface area contributed by atoms with Gasteiger partial charge in [-0.3, -0.25) is 4.90 Å². The predicted octanol–water partition coefficient (Wildman–Crippen LogP) is 3.35. The van der Waals surface area contributed by atoms with Crippen molar-refractivity contribution in [3.63, 3.8) is 0 Å². The van der Waals surface area contributed by atoms with E-state index in [1.165, 1.54) is 12.1 Å². The third kappa shape index (κ3) is 4.57. The molecule has 27 heavy (non-hydrogen) atoms. The highest BCUT2D eigenvalue weighted by Crippen LogP contribution is 2.35. The average molecular weight is 394 g/mol. The van der Waals surface area contributed by atoms with Crippen LogP contribution in [0.3, 0.4) is 0 Å². The van der Waals surface area contributed by atoms with Gasteiger partial charge in [0.25, 0.3) is 0 Å². The van der Waals surface area contributed by atoms with Crippen LogP contribution in [-0.4, -0.2) is 53.7 Å². The van der Waals surface area contributed by atoms with Crippen molar-refractivity contribution in [2.24, 2.45) is 11.7 Å². The van der Waals surface area contributed by atoms with Crippen molar-refractivity contribution in [1.82, 2.24) is 4.90 Å². The van der Waals surface area contributed by atoms with Gasteiger partial charge in [-0.1, -0.05) is 11.6 Å². The van der Waals surface area contributed by atoms with E-state index < -0.39 is 0 Å². The quantitative estimate of drug-likeness (QED) is 0.628. The van der Waals surface area contributed by atoms with Gasteiger partial charge in [-0.25, -0.2) is 0 Å². The molecule has 0 bridgehead atoms. The largest absolute Gasteiger partial charge is 0.507 e. The number of nitrogens with one attached hydrogen (secondary N) is 1. The van der Waals surface area contributed by atoms with Crippen LogP contribution in [0.5, 0.6) is 11.5 Å². The summed E-state index contributed by atoms with van der Waals surface area (Å²) in [7, 11) is 1.78. The Bertz CT molecular complexity index is 742. The molecule has 1 aromatic rings. The Labute approximate surface area is 165 Å². The van der Waals surface area contributed by atoms with E-state index in [9.17, 15) is 10.2 Å². The van der Waals surface area contributed by atoms with E-state index in [-0.39, 0.29) is 16.5 Å². The molecule has 2 fully saturated rings. The highest BCUT2D eigenvalue weighted by Gasteiger charge is 2.27. The number of phenols is 2. The van der Waals surface area contributed by atoms with Gasteiger partial charge in [-0.15, -0.1) is 0 Å². The number of phenolic OH excluding ortho intramolecular Hbond substituents is 2. The van der Waals surface area contributed by atoms with Gasteiger partial charge >= 0.3 is 0 Å². The van der Waals surface area contributed by atoms with Crippen molar-refractivity contribution < 1.29 is 14.9 Å². The molecule has 1 saturated heterocycles. The molecule has 0 atom stereocenters. The molecule has 0 aromatic heterocycles. The molecule has 1 saturated carbocycles. The fraction of sp³-hybridized carbons (Fsp3) is 0.550. The molecule has 3 rings (SSSR count). The van der Waals surface area contributed by atoms with E-state index in [4.69, 9.17) is 27.5 Å². The number of likely N-dealkylation sites (tertiary alicyclic amines) is 1. The fourth-order valence-corrected chi connectivity index (χ4v) is 4.23. The number of hydrogen-bond donors (Lipinski definition) is 4. The van der Waals surface area contributed by atoms with Crippen LogP contribution in [0.4, 0.5) is 0 Å². The van der Waals surface area contributed by atoms with E-state index in [2.05, 4.69) is 4.90 Å². The Kier molecular flexibility index (Phi) is 6.29. The standard InChI is InChI=1S/C20H28ClN3O3/c1-27-13-4-2-12(3-5-13)10-24-7-6-17(22)15(11-24)20(23)14-8-16(21)19(26)9-18(14)25/h8-9,12-13,22,25-26H,2-7,10-11,23H2,1H3/b20-15-,22-17?/t12-,13-. The Morgan fingerprint density at radius 2 is 1.96 bits per heavy atom. The van der Waals surface area contributed by atoms with Gasteiger partial charge in [0.05, 0.1) is 11.1 Å². The number of nitrogens with zero attached hydrogens (tertiary/aromatic N) is 1. The zero-order valence-corrected chi connectivity index (χ0v) is 16.4. The topological polar surface area (TPSA) is 103 Å². The first-order valence-electron chi connectivity index (χ1n) is 9.42. The molecule has 0 radical (unpaired) electrons. The zero-order chi connectivity index (χ0) is 19.6. The van der Waals surface area contributed by atoms with Crippen molar-refractivity contribution in [1.29, 1.82) is 5.41 Å². The minimum atomic E-state index is -0.192. The van der Waals surface area contributed by atoms with Gasteiger partial charge in [-0.05, 0) is 37.7 Å². The van der Waals surface area contributed by atoms with Gasteiger partial charge in [0, 0.05) is 61.8 Å². The van der Waals surface area contributed by atoms with Crippen molar-refractivity contribution >= 4 is 23.0 Å². The number of methoxy groups -OCH3 is 1. The minimum Gasteiger partial charge on any atom is -0.507 e. The second kappa shape index (κ2) is 8.50. The molecule has 0 spiro atoms. The summed E-state index contributed by atoms with van der Waals surface area (Å²) in [6, 6.07) is 2.64. The minimum absolute atomic E-state index is 0.125. The smallest absolute Gasteiger partial charge is 0.137 e. The summed E-state index contributed by atoms with van der Waals surface area (Å²) in [5.74, 6) is 0.315. The second-order valence-electron chi connectivity index (χ2n) is 7.56. The molecule has 6 nitrogen and oxygen atoms in total. The number of piperidine rings is 1. The summed E-state index contributed by atoms with van der Waals surface area (Å²) in [4.78, 5) is 2.34. The Balaban J connectivity index is 1.74. The lowest BCUT2D eigenvalue weighted by molar-refractivity contribution is 0.0503. The number of aromatic hydroxyl groups is 2. The summed E-state index contributed by atoms with van der Waals surface area (Å²) in [6.45, 7) is 2.43. The van der Waals surface area contributed by atoms with Crippen LogP contribution < -0.4 is 5.73 Å². The molecule has 0 amide bonds. The lowest BCUT2D eigenvalue weighted by Crippen LogP contribution is -2.40. The lowest BCUT2D eigenvalue weighted by atomic mass is 9.86. The maximum Gasteiger partial charge on any atom is 0.137 e. The average Bonchev–Trinajstić information content (AvgIpc) is 2.66. The number of hydrogen-bond acceptors (Lipinski definition) is 6. The van der Waals surface area contributed by atoms with Crippen LogP contribution in [0.2, 0.25) is 5.02 Å². The number of ether oxygens (including phenoxy) is 1. The molecule has 1 aromatic carbocycles. The van der Waals surface area contributed by atoms with Crippen LogP contribution in [0, 0.1) is 11.3 Å². The second-order valence-corrected chi connectivity index (χ2v) is 7.96. The zero-order valence-electron chi connectivity index (χ0n) is 15.7. The maximum atomic E-state index is 10.1. The normalized spacial score (nSPS) is 26.2. The molecule has 2 aliphatic rings. The molecule has 1 heterocycles. The van der Waals surface area contributed by atoms with Gasteiger partial charge in [0.15, 0.2) is 0 Å². The summed E-state index contributed by atoms with van der Waals surface area (Å²) in [5.41, 5.74) is 8.24. The van der Waals surface area contributed by atoms with Crippen LogP contribution in [0.25, 0.3) is 5.70 Å². The van der Waals surface area contributed by atoms with E-state index in [1.807, 2.05) is 0 Å². The van der Waals surface area contributed by atoms with Crippen LogP contribution in [0.1, 0.15) is 37.7 Å². The van der Waals surface area contributed by atoms with Crippen molar-refractivity contribution in [2.75, 3.05) is 26.7 Å².